The van der Waals surface area contributed by atoms with Crippen molar-refractivity contribution in [1.82, 2.24) is 0 Å². The van der Waals surface area contributed by atoms with Crippen LogP contribution >= 0.6 is 0 Å². The third-order valence-corrected chi connectivity index (χ3v) is 5.78. The molecule has 1 aliphatic heterocycles. The summed E-state index contributed by atoms with van der Waals surface area (Å²) in [5.41, 5.74) is -6.64. The zero-order chi connectivity index (χ0) is 20.2. The Labute approximate surface area is 156 Å². The van der Waals surface area contributed by atoms with Gasteiger partial charge >= 0.3 is 0 Å². The zero-order valence-corrected chi connectivity index (χ0v) is 15.3. The fourth-order valence-electron chi connectivity index (χ4n) is 4.40. The third-order valence-electron chi connectivity index (χ3n) is 5.78. The molecule has 2 aliphatic carbocycles. The molecular formula is C18H25NO8. The molecule has 1 spiro atoms. The van der Waals surface area contributed by atoms with Crippen LogP contribution in [0.5, 0.6) is 0 Å². The van der Waals surface area contributed by atoms with Gasteiger partial charge in [-0.3, -0.25) is 9.59 Å². The molecule has 1 heterocycles. The van der Waals surface area contributed by atoms with Gasteiger partial charge in [0.25, 0.3) is 5.72 Å². The second kappa shape index (κ2) is 6.37. The molecule has 0 bridgehead atoms. The number of aliphatic imine (C=N–C) groups is 1. The Hall–Kier alpha value is -1.81. The van der Waals surface area contributed by atoms with Crippen LogP contribution in [0.25, 0.3) is 0 Å². The summed E-state index contributed by atoms with van der Waals surface area (Å²) >= 11 is 0. The maximum absolute atomic E-state index is 12.8. The number of carbonyl (C=O) groups excluding carboxylic acids is 2. The van der Waals surface area contributed by atoms with Gasteiger partial charge in [0.2, 0.25) is 5.78 Å². The largest absolute Gasteiger partial charge is 0.503 e. The maximum atomic E-state index is 12.8. The molecule has 0 aromatic carbocycles. The molecule has 0 aromatic rings. The molecule has 5 N–H and O–H groups in total. The molecule has 0 saturated heterocycles. The van der Waals surface area contributed by atoms with Crippen molar-refractivity contribution in [3.8, 4) is 0 Å². The number of rotatable bonds is 2. The molecule has 0 radical (unpaired) electrons. The lowest BCUT2D eigenvalue weighted by atomic mass is 9.70. The van der Waals surface area contributed by atoms with Crippen molar-refractivity contribution in [2.75, 3.05) is 6.61 Å². The molecule has 3 aliphatic rings. The summed E-state index contributed by atoms with van der Waals surface area (Å²) in [7, 11) is 0. The number of allylic oxidation sites excluding steroid dienone is 1. The van der Waals surface area contributed by atoms with Crippen molar-refractivity contribution in [2.24, 2.45) is 16.8 Å². The summed E-state index contributed by atoms with van der Waals surface area (Å²) in [5, 5.41) is 52.5. The first kappa shape index (κ1) is 19.9. The first-order chi connectivity index (χ1) is 12.5. The number of ether oxygens (including phenoxy) is 1. The predicted molar refractivity (Wildman–Crippen MR) is 91.8 cm³/mol. The molecule has 6 atom stereocenters. The van der Waals surface area contributed by atoms with Crippen molar-refractivity contribution in [2.45, 2.75) is 62.6 Å². The summed E-state index contributed by atoms with van der Waals surface area (Å²) in [4.78, 5) is 28.7. The number of ketones is 2. The fraction of sp³-hybridized carbons (Fsp3) is 0.722. The Bertz CT molecular complexity index is 733. The molecule has 9 heteroatoms. The SMILES string of the molecule is CC1CC(=O)C2(N=CC(O)=C(C3(O)CC(=O)CC(C)C3O)O2)C(O)(CO)C1. The molecule has 2 fully saturated rings. The van der Waals surface area contributed by atoms with E-state index in [4.69, 9.17) is 4.74 Å². The van der Waals surface area contributed by atoms with E-state index in [2.05, 4.69) is 4.99 Å². The zero-order valence-electron chi connectivity index (χ0n) is 15.3. The minimum Gasteiger partial charge on any atom is -0.503 e. The number of hydrogen-bond acceptors (Lipinski definition) is 9. The van der Waals surface area contributed by atoms with Crippen LogP contribution in [0.4, 0.5) is 0 Å². The van der Waals surface area contributed by atoms with Gasteiger partial charge in [-0.25, -0.2) is 4.99 Å². The second-order valence-electron chi connectivity index (χ2n) is 8.11. The summed E-state index contributed by atoms with van der Waals surface area (Å²) < 4.78 is 5.61. The van der Waals surface area contributed by atoms with Gasteiger partial charge in [0, 0.05) is 19.3 Å². The summed E-state index contributed by atoms with van der Waals surface area (Å²) in [6.07, 6.45) is -1.07. The molecule has 0 amide bonds. The minimum absolute atomic E-state index is 0.00304. The number of carbonyl (C=O) groups is 2. The second-order valence-corrected chi connectivity index (χ2v) is 8.11. The number of aliphatic hydroxyl groups excluding tert-OH is 3. The van der Waals surface area contributed by atoms with Crippen LogP contribution in [0.15, 0.2) is 16.5 Å². The van der Waals surface area contributed by atoms with E-state index in [9.17, 15) is 35.1 Å². The number of nitrogens with zero attached hydrogens (tertiary/aromatic N) is 1. The predicted octanol–water partition coefficient (Wildman–Crippen LogP) is -0.633. The molecule has 0 aromatic heterocycles. The average molecular weight is 383 g/mol. The van der Waals surface area contributed by atoms with Crippen molar-refractivity contribution in [3.63, 3.8) is 0 Å². The van der Waals surface area contributed by atoms with Crippen molar-refractivity contribution in [3.05, 3.63) is 11.5 Å². The number of aliphatic hydroxyl groups is 5. The van der Waals surface area contributed by atoms with Gasteiger partial charge in [0.1, 0.15) is 5.78 Å². The Morgan fingerprint density at radius 3 is 2.56 bits per heavy atom. The lowest BCUT2D eigenvalue weighted by Gasteiger charge is -2.50. The Kier molecular flexibility index (Phi) is 4.70. The van der Waals surface area contributed by atoms with Crippen LogP contribution in [0, 0.1) is 11.8 Å². The minimum atomic E-state index is -2.28. The van der Waals surface area contributed by atoms with Crippen LogP contribution in [0.3, 0.4) is 0 Å². The normalized spacial score (nSPS) is 45.3. The van der Waals surface area contributed by atoms with Gasteiger partial charge in [-0.2, -0.15) is 0 Å². The van der Waals surface area contributed by atoms with E-state index in [0.29, 0.717) is 0 Å². The summed E-state index contributed by atoms with van der Waals surface area (Å²) in [5.74, 6) is -3.10. The maximum Gasteiger partial charge on any atom is 0.289 e. The van der Waals surface area contributed by atoms with Gasteiger partial charge in [0.15, 0.2) is 22.7 Å². The standard InChI is InChI=1S/C18H25NO8/c1-9-3-13(23)18(16(25,5-9)8-20)19-7-12(22)15(27-18)17(26)6-11(21)4-10(2)14(17)24/h7,9-10,14,20,22,24-26H,3-6,8H2,1-2H3. The highest BCUT2D eigenvalue weighted by Crippen LogP contribution is 2.47. The highest BCUT2D eigenvalue weighted by Gasteiger charge is 2.65. The highest BCUT2D eigenvalue weighted by molar-refractivity contribution is 5.94. The van der Waals surface area contributed by atoms with E-state index in [1.165, 1.54) is 0 Å². The average Bonchev–Trinajstić information content (AvgIpc) is 2.58. The smallest absolute Gasteiger partial charge is 0.289 e. The molecule has 6 unspecified atom stereocenters. The summed E-state index contributed by atoms with van der Waals surface area (Å²) in [6, 6.07) is 0. The van der Waals surface area contributed by atoms with Crippen LogP contribution in [-0.4, -0.2) is 73.0 Å². The van der Waals surface area contributed by atoms with Gasteiger partial charge in [-0.05, 0) is 18.3 Å². The van der Waals surface area contributed by atoms with Crippen molar-refractivity contribution in [1.29, 1.82) is 0 Å². The van der Waals surface area contributed by atoms with Crippen LogP contribution in [0.1, 0.15) is 39.5 Å². The molecule has 3 rings (SSSR count). The molecule has 27 heavy (non-hydrogen) atoms. The van der Waals surface area contributed by atoms with E-state index in [-0.39, 0.29) is 31.0 Å². The van der Waals surface area contributed by atoms with Gasteiger partial charge in [0.05, 0.1) is 18.9 Å². The number of hydrogen-bond donors (Lipinski definition) is 5. The Balaban J connectivity index is 2.08. The molecule has 9 nitrogen and oxygen atoms in total. The van der Waals surface area contributed by atoms with Gasteiger partial charge in [-0.1, -0.05) is 13.8 Å². The summed E-state index contributed by atoms with van der Waals surface area (Å²) in [6.45, 7) is 2.45. The van der Waals surface area contributed by atoms with E-state index in [0.717, 1.165) is 6.21 Å². The molecule has 150 valence electrons. The first-order valence-corrected chi connectivity index (χ1v) is 8.95. The lowest BCUT2D eigenvalue weighted by molar-refractivity contribution is -0.222. The van der Waals surface area contributed by atoms with Gasteiger partial charge in [-0.15, -0.1) is 0 Å². The topological polar surface area (TPSA) is 157 Å². The van der Waals surface area contributed by atoms with E-state index in [1.54, 1.807) is 13.8 Å². The molecule has 2 saturated carbocycles. The van der Waals surface area contributed by atoms with Crippen molar-refractivity contribution >= 4 is 17.8 Å². The van der Waals surface area contributed by atoms with Crippen molar-refractivity contribution < 1.29 is 39.9 Å². The fourth-order valence-corrected chi connectivity index (χ4v) is 4.40. The highest BCUT2D eigenvalue weighted by atomic mass is 16.6. The lowest BCUT2D eigenvalue weighted by Crippen LogP contribution is -2.67. The monoisotopic (exact) mass is 383 g/mol. The van der Waals surface area contributed by atoms with Crippen LogP contribution < -0.4 is 0 Å². The Morgan fingerprint density at radius 2 is 1.93 bits per heavy atom. The molecular weight excluding hydrogens is 358 g/mol. The van der Waals surface area contributed by atoms with Gasteiger partial charge < -0.3 is 30.3 Å². The quantitative estimate of drug-likeness (QED) is 0.422. The van der Waals surface area contributed by atoms with Crippen LogP contribution in [-0.2, 0) is 14.3 Å². The van der Waals surface area contributed by atoms with E-state index >= 15 is 0 Å². The number of Topliss-reactive ketones (excluding diaryl/α,β-unsaturated/α-hetero) is 2. The van der Waals surface area contributed by atoms with Crippen LogP contribution in [0.2, 0.25) is 0 Å². The van der Waals surface area contributed by atoms with E-state index < -0.39 is 59.3 Å². The Morgan fingerprint density at radius 1 is 1.26 bits per heavy atom. The van der Waals surface area contributed by atoms with E-state index in [1.807, 2.05) is 0 Å². The first-order valence-electron chi connectivity index (χ1n) is 8.95. The third kappa shape index (κ3) is 2.80.